The Morgan fingerprint density at radius 2 is 0.640 bits per heavy atom. The first-order valence-corrected chi connectivity index (χ1v) is 35.3. The third kappa shape index (κ3) is 9.63. The molecule has 0 bridgehead atoms. The largest absolute Gasteiger partial charge is 0.359 e. The molecule has 10 aromatic rings. The minimum Gasteiger partial charge on any atom is -0.359 e. The molecule has 0 saturated carbocycles. The standard InChI is InChI=1S/C24H25N3.C23H24N4.2C20H23N3/c1-15-12-13-17-18-9-8-14-25-23(18)24(3,4)21(17)22(15)27-16(2)26(5)19-10-6-7-11-20(19)27;1-14-10-11-16-17-8-6-12-24-21(17)23(3,4)19(16)20(14)27-15(2)26(5)18-9-7-13-25-22(18)27;2*1-13-8-9-15-16-7-6-10-21-19(16)20(3,4)17(15)18(13)23-12-11-22(5)14(23)2/h6-14,16H,1-5H3;6-13,15H,1-5H3;2*6-12,14H,1-5H3/t16-;15-;2*14-/m0000/s1/i;;5D3;. The number of pyridine rings is 5. The second-order valence-electron chi connectivity index (χ2n) is 30.5. The quantitative estimate of drug-likeness (QED) is 0.168. The van der Waals surface area contributed by atoms with Crippen molar-refractivity contribution in [3.63, 3.8) is 0 Å². The van der Waals surface area contributed by atoms with Crippen molar-refractivity contribution in [2.45, 2.75) is 157 Å². The second kappa shape index (κ2) is 23.7. The van der Waals surface area contributed by atoms with Gasteiger partial charge >= 0.3 is 0 Å². The molecule has 5 aromatic carbocycles. The molecular formula is C87H95N13. The lowest BCUT2D eigenvalue weighted by Crippen LogP contribution is -2.37. The van der Waals surface area contributed by atoms with Crippen molar-refractivity contribution in [2.24, 2.45) is 0 Å². The summed E-state index contributed by atoms with van der Waals surface area (Å²) in [6, 6.07) is 47.5. The van der Waals surface area contributed by atoms with E-state index in [-0.39, 0.29) is 40.2 Å². The second-order valence-corrected chi connectivity index (χ2v) is 30.5. The smallest absolute Gasteiger partial charge is 0.158 e. The third-order valence-electron chi connectivity index (χ3n) is 23.2. The minimum absolute atomic E-state index is 0.0813. The summed E-state index contributed by atoms with van der Waals surface area (Å²) in [5, 5.41) is 0. The fraction of sp³-hybridized carbons (Fsp3) is 0.322. The summed E-state index contributed by atoms with van der Waals surface area (Å²) in [5.41, 5.74) is 33.3. The van der Waals surface area contributed by atoms with E-state index in [0.717, 1.165) is 34.0 Å². The van der Waals surface area contributed by atoms with E-state index in [2.05, 4.69) is 280 Å². The lowest BCUT2D eigenvalue weighted by atomic mass is 9.82. The number of anilines is 8. The van der Waals surface area contributed by atoms with Gasteiger partial charge in [0.05, 0.1) is 62.6 Å². The van der Waals surface area contributed by atoms with Gasteiger partial charge in [0, 0.05) is 132 Å². The monoisotopic (exact) mass is 1320 g/mol. The molecule has 18 rings (SSSR count). The summed E-state index contributed by atoms with van der Waals surface area (Å²) < 4.78 is 23.3. The maximum Gasteiger partial charge on any atom is 0.158 e. The van der Waals surface area contributed by atoms with Gasteiger partial charge in [0.15, 0.2) is 5.82 Å². The van der Waals surface area contributed by atoms with Crippen LogP contribution < -0.4 is 29.4 Å². The predicted octanol–water partition coefficient (Wildman–Crippen LogP) is 19.2. The number of fused-ring (bicyclic) bond motifs is 14. The zero-order valence-corrected chi connectivity index (χ0v) is 61.5. The summed E-state index contributed by atoms with van der Waals surface area (Å²) in [5.74, 6) is 1.03. The number of aromatic nitrogens is 5. The highest BCUT2D eigenvalue weighted by Crippen LogP contribution is 2.59. The van der Waals surface area contributed by atoms with Gasteiger partial charge in [-0.25, -0.2) is 4.98 Å². The Kier molecular flexibility index (Phi) is 14.7. The van der Waals surface area contributed by atoms with E-state index in [4.69, 9.17) is 24.0 Å². The number of hydrogen-bond acceptors (Lipinski definition) is 13. The topological polar surface area (TPSA) is 90.4 Å². The molecule has 100 heavy (non-hydrogen) atoms. The van der Waals surface area contributed by atoms with E-state index in [9.17, 15) is 0 Å². The minimum atomic E-state index is -2.16. The Bertz CT molecular complexity index is 4970. The molecule has 13 nitrogen and oxygen atoms in total. The highest BCUT2D eigenvalue weighted by atomic mass is 15.4. The molecule has 0 radical (unpaired) electrons. The molecule has 508 valence electrons. The number of benzene rings is 5. The summed E-state index contributed by atoms with van der Waals surface area (Å²) in [4.78, 5) is 41.4. The maximum absolute atomic E-state index is 7.77. The van der Waals surface area contributed by atoms with Gasteiger partial charge in [-0.3, -0.25) is 19.9 Å². The lowest BCUT2D eigenvalue weighted by Gasteiger charge is -2.34. The van der Waals surface area contributed by atoms with Crippen molar-refractivity contribution in [1.29, 1.82) is 0 Å². The van der Waals surface area contributed by atoms with Crippen LogP contribution in [0.2, 0.25) is 0 Å². The average molecular weight is 1330 g/mol. The van der Waals surface area contributed by atoms with E-state index in [0.29, 0.717) is 6.17 Å². The van der Waals surface area contributed by atoms with E-state index in [1.54, 1.807) is 6.20 Å². The number of rotatable bonds is 4. The molecule has 9 heterocycles. The summed E-state index contributed by atoms with van der Waals surface area (Å²) in [6.07, 6.45) is 17.9. The molecule has 0 amide bonds. The Morgan fingerprint density at radius 1 is 0.320 bits per heavy atom. The van der Waals surface area contributed by atoms with Crippen molar-refractivity contribution in [2.75, 3.05) is 57.5 Å². The van der Waals surface area contributed by atoms with Crippen LogP contribution >= 0.6 is 0 Å². The van der Waals surface area contributed by atoms with Gasteiger partial charge in [-0.15, -0.1) is 0 Å². The average Bonchev–Trinajstić information content (AvgIpc) is 1.58. The number of aryl methyl sites for hydroxylation is 4. The number of hydrogen-bond donors (Lipinski definition) is 0. The van der Waals surface area contributed by atoms with Crippen molar-refractivity contribution in [3.8, 4) is 44.5 Å². The molecule has 13 heteroatoms. The van der Waals surface area contributed by atoms with Crippen molar-refractivity contribution >= 4 is 45.6 Å². The maximum atomic E-state index is 7.77. The Morgan fingerprint density at radius 3 is 1.03 bits per heavy atom. The van der Waals surface area contributed by atoms with Gasteiger partial charge in [0.1, 0.15) is 24.7 Å². The van der Waals surface area contributed by atoms with Crippen LogP contribution in [0.25, 0.3) is 44.5 Å². The molecule has 4 aliphatic carbocycles. The number of nitrogens with zero attached hydrogens (tertiary/aromatic N) is 13. The first-order valence-electron chi connectivity index (χ1n) is 36.8. The van der Waals surface area contributed by atoms with Crippen LogP contribution in [-0.2, 0) is 21.7 Å². The molecular weight excluding hydrogens is 1230 g/mol. The normalized spacial score (nSPS) is 20.4. The van der Waals surface area contributed by atoms with E-state index >= 15 is 0 Å². The molecule has 4 aliphatic heterocycles. The van der Waals surface area contributed by atoms with Gasteiger partial charge in [0.2, 0.25) is 0 Å². The van der Waals surface area contributed by atoms with Crippen LogP contribution in [0.4, 0.5) is 45.6 Å². The molecule has 0 N–H and O–H groups in total. The Balaban J connectivity index is 0.000000111. The van der Waals surface area contributed by atoms with Gasteiger partial charge in [-0.1, -0.05) is 140 Å². The van der Waals surface area contributed by atoms with Gasteiger partial charge in [0.25, 0.3) is 0 Å². The van der Waals surface area contributed by atoms with Crippen molar-refractivity contribution < 1.29 is 4.11 Å². The highest BCUT2D eigenvalue weighted by Gasteiger charge is 2.47. The zero-order chi connectivity index (χ0) is 73.0. The molecule has 5 aromatic heterocycles. The van der Waals surface area contributed by atoms with Crippen LogP contribution in [0.15, 0.2) is 189 Å². The highest BCUT2D eigenvalue weighted by molar-refractivity contribution is 5.95. The van der Waals surface area contributed by atoms with Crippen LogP contribution in [0, 0.1) is 27.7 Å². The van der Waals surface area contributed by atoms with Crippen LogP contribution in [0.5, 0.6) is 0 Å². The van der Waals surface area contributed by atoms with Gasteiger partial charge in [-0.2, -0.15) is 0 Å². The van der Waals surface area contributed by atoms with Gasteiger partial charge < -0.3 is 39.2 Å². The fourth-order valence-electron chi connectivity index (χ4n) is 17.7. The van der Waals surface area contributed by atoms with Crippen LogP contribution in [0.3, 0.4) is 0 Å². The van der Waals surface area contributed by atoms with E-state index in [1.165, 1.54) is 128 Å². The molecule has 0 unspecified atom stereocenters. The van der Waals surface area contributed by atoms with Crippen molar-refractivity contribution in [3.05, 3.63) is 257 Å². The summed E-state index contributed by atoms with van der Waals surface area (Å²) in [7, 11) is 6.45. The fourth-order valence-corrected chi connectivity index (χ4v) is 17.7. The molecule has 0 spiro atoms. The molecule has 8 aliphatic rings. The SMILES string of the molecule is Cc1ccc2c(c1N1C=CN(C)[C@@H]1C)C(C)(C)c1ncccc1-2.Cc1ccc2c(c1N1c3ccccc3N(C)[C@@H]1C)C(C)(C)c1ncccc1-2.Cc1ccc2c(c1N1c3ncccc3N(C)[C@@H]1C)C(C)(C)c1ncccc1-2.[2H]C([2H])([2H])N1C=CN(c2c(C)ccc3c2C(C)(C)c2ncccc2-3)[C@H]1C. The third-order valence-corrected chi connectivity index (χ3v) is 23.2. The summed E-state index contributed by atoms with van der Waals surface area (Å²) in [6.45, 7) is 33.4. The van der Waals surface area contributed by atoms with Crippen LogP contribution in [0.1, 0.15) is 154 Å². The Hall–Kier alpha value is -10.3. The van der Waals surface area contributed by atoms with Gasteiger partial charge in [-0.05, 0) is 171 Å². The molecule has 0 fully saturated rings. The van der Waals surface area contributed by atoms with E-state index < -0.39 is 6.98 Å². The molecule has 4 atom stereocenters. The predicted molar refractivity (Wildman–Crippen MR) is 415 cm³/mol. The van der Waals surface area contributed by atoms with Crippen LogP contribution in [-0.4, -0.2) is 87.5 Å². The first kappa shape index (κ1) is 62.0. The first-order chi connectivity index (χ1) is 48.9. The zero-order valence-electron chi connectivity index (χ0n) is 64.5. The Labute approximate surface area is 597 Å². The lowest BCUT2D eigenvalue weighted by molar-refractivity contribution is 0.382. The number of para-hydroxylation sites is 2. The molecule has 0 saturated heterocycles. The summed E-state index contributed by atoms with van der Waals surface area (Å²) >= 11 is 0. The van der Waals surface area contributed by atoms with E-state index in [1.807, 2.05) is 74.4 Å². The van der Waals surface area contributed by atoms with Crippen molar-refractivity contribution in [1.82, 2.24) is 34.7 Å².